The molecule has 2 heteroatoms. The zero-order chi connectivity index (χ0) is 10.6. The standard InChI is InChI=1S/C12H18BrN/c1-9(8-14)3-5-11-7-12(13)6-4-10(11)2/h4,6-7,9H,3,5,8,14H2,1-2H3. The molecule has 0 saturated heterocycles. The third kappa shape index (κ3) is 3.43. The minimum Gasteiger partial charge on any atom is -0.330 e. The van der Waals surface area contributed by atoms with Crippen LogP contribution in [-0.4, -0.2) is 6.54 Å². The van der Waals surface area contributed by atoms with Gasteiger partial charge < -0.3 is 5.73 Å². The maximum Gasteiger partial charge on any atom is 0.0178 e. The first-order valence-corrected chi connectivity index (χ1v) is 5.88. The maximum atomic E-state index is 5.59. The summed E-state index contributed by atoms with van der Waals surface area (Å²) in [5.41, 5.74) is 8.40. The molecule has 0 spiro atoms. The SMILES string of the molecule is Cc1ccc(Br)cc1CCC(C)CN. The topological polar surface area (TPSA) is 26.0 Å². The zero-order valence-corrected chi connectivity index (χ0v) is 10.5. The van der Waals surface area contributed by atoms with Crippen LogP contribution in [0.4, 0.5) is 0 Å². The monoisotopic (exact) mass is 255 g/mol. The van der Waals surface area contributed by atoms with E-state index < -0.39 is 0 Å². The van der Waals surface area contributed by atoms with Crippen molar-refractivity contribution < 1.29 is 0 Å². The van der Waals surface area contributed by atoms with Crippen molar-refractivity contribution in [3.63, 3.8) is 0 Å². The van der Waals surface area contributed by atoms with Crippen LogP contribution in [0, 0.1) is 12.8 Å². The molecule has 1 unspecified atom stereocenters. The molecule has 0 aliphatic carbocycles. The third-order valence-corrected chi connectivity index (χ3v) is 3.11. The molecule has 0 heterocycles. The zero-order valence-electron chi connectivity index (χ0n) is 8.89. The highest BCUT2D eigenvalue weighted by Gasteiger charge is 2.03. The first-order chi connectivity index (χ1) is 6.63. The summed E-state index contributed by atoms with van der Waals surface area (Å²) in [6, 6.07) is 6.45. The van der Waals surface area contributed by atoms with E-state index in [-0.39, 0.29) is 0 Å². The molecule has 0 fully saturated rings. The van der Waals surface area contributed by atoms with Gasteiger partial charge in [-0.2, -0.15) is 0 Å². The van der Waals surface area contributed by atoms with E-state index in [1.54, 1.807) is 0 Å². The Kier molecular flexibility index (Phi) is 4.63. The Labute approximate surface area is 94.8 Å². The van der Waals surface area contributed by atoms with Crippen LogP contribution < -0.4 is 5.73 Å². The molecule has 0 aliphatic rings. The third-order valence-electron chi connectivity index (χ3n) is 2.62. The molecule has 0 radical (unpaired) electrons. The van der Waals surface area contributed by atoms with E-state index in [0.717, 1.165) is 13.0 Å². The number of benzene rings is 1. The first-order valence-electron chi connectivity index (χ1n) is 5.08. The van der Waals surface area contributed by atoms with Crippen molar-refractivity contribution in [1.82, 2.24) is 0 Å². The van der Waals surface area contributed by atoms with Gasteiger partial charge in [-0.25, -0.2) is 0 Å². The Morgan fingerprint density at radius 3 is 2.79 bits per heavy atom. The minimum atomic E-state index is 0.619. The lowest BCUT2D eigenvalue weighted by Gasteiger charge is -2.10. The summed E-state index contributed by atoms with van der Waals surface area (Å²) >= 11 is 3.50. The van der Waals surface area contributed by atoms with E-state index in [0.29, 0.717) is 5.92 Å². The van der Waals surface area contributed by atoms with E-state index in [4.69, 9.17) is 5.73 Å². The highest BCUT2D eigenvalue weighted by atomic mass is 79.9. The molecule has 0 amide bonds. The molecule has 1 rings (SSSR count). The van der Waals surface area contributed by atoms with Crippen LogP contribution in [0.3, 0.4) is 0 Å². The summed E-state index contributed by atoms with van der Waals surface area (Å²) in [7, 11) is 0. The largest absolute Gasteiger partial charge is 0.330 e. The molecule has 0 bridgehead atoms. The van der Waals surface area contributed by atoms with Gasteiger partial charge in [-0.1, -0.05) is 28.9 Å². The van der Waals surface area contributed by atoms with Crippen molar-refractivity contribution in [3.8, 4) is 0 Å². The van der Waals surface area contributed by atoms with Crippen LogP contribution in [0.2, 0.25) is 0 Å². The lowest BCUT2D eigenvalue weighted by atomic mass is 9.98. The van der Waals surface area contributed by atoms with Crippen LogP contribution in [0.5, 0.6) is 0 Å². The van der Waals surface area contributed by atoms with Gasteiger partial charge in [0.1, 0.15) is 0 Å². The molecule has 1 atom stereocenters. The Hall–Kier alpha value is -0.340. The predicted molar refractivity (Wildman–Crippen MR) is 65.4 cm³/mol. The summed E-state index contributed by atoms with van der Waals surface area (Å²) in [5.74, 6) is 0.619. The lowest BCUT2D eigenvalue weighted by molar-refractivity contribution is 0.544. The molecule has 0 saturated carbocycles. The maximum absolute atomic E-state index is 5.59. The molecule has 2 N–H and O–H groups in total. The molecule has 1 nitrogen and oxygen atoms in total. The van der Waals surface area contributed by atoms with E-state index in [1.165, 1.54) is 22.0 Å². The summed E-state index contributed by atoms with van der Waals surface area (Å²) < 4.78 is 1.17. The Morgan fingerprint density at radius 2 is 2.14 bits per heavy atom. The molecule has 1 aromatic rings. The van der Waals surface area contributed by atoms with Gasteiger partial charge in [-0.15, -0.1) is 0 Å². The van der Waals surface area contributed by atoms with Crippen LogP contribution in [0.25, 0.3) is 0 Å². The molecule has 0 aliphatic heterocycles. The average molecular weight is 256 g/mol. The lowest BCUT2D eigenvalue weighted by Crippen LogP contribution is -2.11. The molecular weight excluding hydrogens is 238 g/mol. The van der Waals surface area contributed by atoms with E-state index in [9.17, 15) is 0 Å². The molecule has 78 valence electrons. The van der Waals surface area contributed by atoms with Gasteiger partial charge in [-0.05, 0) is 55.5 Å². The fourth-order valence-electron chi connectivity index (χ4n) is 1.43. The smallest absolute Gasteiger partial charge is 0.0178 e. The number of hydrogen-bond donors (Lipinski definition) is 1. The molecule has 1 aromatic carbocycles. The van der Waals surface area contributed by atoms with Crippen LogP contribution in [-0.2, 0) is 6.42 Å². The summed E-state index contributed by atoms with van der Waals surface area (Å²) in [6.45, 7) is 5.15. The summed E-state index contributed by atoms with van der Waals surface area (Å²) in [6.07, 6.45) is 2.30. The Bertz CT molecular complexity index is 296. The first kappa shape index (κ1) is 11.7. The molecular formula is C12H18BrN. The van der Waals surface area contributed by atoms with Gasteiger partial charge in [-0.3, -0.25) is 0 Å². The Balaban J connectivity index is 2.62. The number of rotatable bonds is 4. The second-order valence-electron chi connectivity index (χ2n) is 3.95. The van der Waals surface area contributed by atoms with Gasteiger partial charge in [0, 0.05) is 4.47 Å². The normalized spacial score (nSPS) is 12.9. The van der Waals surface area contributed by atoms with Crippen molar-refractivity contribution in [1.29, 1.82) is 0 Å². The van der Waals surface area contributed by atoms with Gasteiger partial charge in [0.25, 0.3) is 0 Å². The van der Waals surface area contributed by atoms with Gasteiger partial charge in [0.2, 0.25) is 0 Å². The number of hydrogen-bond acceptors (Lipinski definition) is 1. The second-order valence-corrected chi connectivity index (χ2v) is 4.87. The van der Waals surface area contributed by atoms with Crippen molar-refractivity contribution in [3.05, 3.63) is 33.8 Å². The van der Waals surface area contributed by atoms with Crippen molar-refractivity contribution in [2.45, 2.75) is 26.7 Å². The highest BCUT2D eigenvalue weighted by molar-refractivity contribution is 9.10. The van der Waals surface area contributed by atoms with Gasteiger partial charge >= 0.3 is 0 Å². The summed E-state index contributed by atoms with van der Waals surface area (Å²) in [5, 5.41) is 0. The van der Waals surface area contributed by atoms with Crippen LogP contribution in [0.15, 0.2) is 22.7 Å². The highest BCUT2D eigenvalue weighted by Crippen LogP contribution is 2.18. The number of halogens is 1. The number of aryl methyl sites for hydroxylation is 2. The fraction of sp³-hybridized carbons (Fsp3) is 0.500. The van der Waals surface area contributed by atoms with E-state index in [1.807, 2.05) is 0 Å². The molecule has 14 heavy (non-hydrogen) atoms. The van der Waals surface area contributed by atoms with Crippen molar-refractivity contribution >= 4 is 15.9 Å². The van der Waals surface area contributed by atoms with Crippen LogP contribution in [0.1, 0.15) is 24.5 Å². The Morgan fingerprint density at radius 1 is 1.43 bits per heavy atom. The van der Waals surface area contributed by atoms with Crippen molar-refractivity contribution in [2.24, 2.45) is 11.7 Å². The fourth-order valence-corrected chi connectivity index (χ4v) is 1.84. The number of nitrogens with two attached hydrogens (primary N) is 1. The van der Waals surface area contributed by atoms with Gasteiger partial charge in [0.15, 0.2) is 0 Å². The van der Waals surface area contributed by atoms with Gasteiger partial charge in [0.05, 0.1) is 0 Å². The van der Waals surface area contributed by atoms with E-state index in [2.05, 4.69) is 48.0 Å². The predicted octanol–water partition coefficient (Wildman–Crippen LogP) is 3.28. The second kappa shape index (κ2) is 5.52. The summed E-state index contributed by atoms with van der Waals surface area (Å²) in [4.78, 5) is 0. The minimum absolute atomic E-state index is 0.619. The van der Waals surface area contributed by atoms with Crippen LogP contribution >= 0.6 is 15.9 Å². The average Bonchev–Trinajstić information content (AvgIpc) is 2.19. The molecule has 0 aromatic heterocycles. The van der Waals surface area contributed by atoms with Crippen molar-refractivity contribution in [2.75, 3.05) is 6.54 Å². The quantitative estimate of drug-likeness (QED) is 0.878. The van der Waals surface area contributed by atoms with E-state index >= 15 is 0 Å².